The van der Waals surface area contributed by atoms with Crippen LogP contribution in [0.4, 0.5) is 0 Å². The van der Waals surface area contributed by atoms with Crippen molar-refractivity contribution in [2.24, 2.45) is 5.92 Å². The first kappa shape index (κ1) is 20.3. The molecular weight excluding hydrogens is 344 g/mol. The average Bonchev–Trinajstić information content (AvgIpc) is 2.66. The van der Waals surface area contributed by atoms with Gasteiger partial charge in [0.15, 0.2) is 11.5 Å². The van der Waals surface area contributed by atoms with Crippen LogP contribution in [0.5, 0.6) is 11.5 Å². The molecule has 2 aromatic rings. The van der Waals surface area contributed by atoms with Gasteiger partial charge in [-0.05, 0) is 49.6 Å². The molecule has 0 saturated carbocycles. The van der Waals surface area contributed by atoms with Gasteiger partial charge in [0.05, 0.1) is 13.7 Å². The van der Waals surface area contributed by atoms with Crippen molar-refractivity contribution in [3.05, 3.63) is 59.2 Å². The van der Waals surface area contributed by atoms with E-state index in [9.17, 15) is 9.59 Å². The molecule has 6 nitrogen and oxygen atoms in total. The molecule has 0 aliphatic rings. The lowest BCUT2D eigenvalue weighted by molar-refractivity contribution is 0.0846. The second-order valence-corrected chi connectivity index (χ2v) is 6.67. The predicted octanol–water partition coefficient (Wildman–Crippen LogP) is 3.50. The van der Waals surface area contributed by atoms with Crippen molar-refractivity contribution in [2.45, 2.75) is 27.2 Å². The predicted molar refractivity (Wildman–Crippen MR) is 104 cm³/mol. The van der Waals surface area contributed by atoms with Crippen LogP contribution < -0.4 is 20.3 Å². The van der Waals surface area contributed by atoms with Gasteiger partial charge in [-0.3, -0.25) is 20.4 Å². The van der Waals surface area contributed by atoms with E-state index in [1.54, 1.807) is 30.3 Å². The van der Waals surface area contributed by atoms with Crippen LogP contribution in [-0.2, 0) is 0 Å². The third-order valence-corrected chi connectivity index (χ3v) is 3.98. The van der Waals surface area contributed by atoms with E-state index in [-0.39, 0.29) is 5.91 Å². The van der Waals surface area contributed by atoms with Crippen molar-refractivity contribution in [3.8, 4) is 11.5 Å². The zero-order valence-electron chi connectivity index (χ0n) is 16.2. The number of nitrogens with one attached hydrogen (secondary N) is 2. The molecule has 0 heterocycles. The Labute approximate surface area is 159 Å². The van der Waals surface area contributed by atoms with Crippen molar-refractivity contribution < 1.29 is 19.1 Å². The van der Waals surface area contributed by atoms with Gasteiger partial charge >= 0.3 is 0 Å². The first-order chi connectivity index (χ1) is 12.9. The monoisotopic (exact) mass is 370 g/mol. The van der Waals surface area contributed by atoms with E-state index in [0.717, 1.165) is 12.0 Å². The van der Waals surface area contributed by atoms with Gasteiger partial charge in [-0.15, -0.1) is 0 Å². The average molecular weight is 370 g/mol. The molecule has 0 aliphatic carbocycles. The van der Waals surface area contributed by atoms with Crippen LogP contribution in [-0.4, -0.2) is 25.5 Å². The van der Waals surface area contributed by atoms with Crippen LogP contribution in [0, 0.1) is 12.8 Å². The molecule has 27 heavy (non-hydrogen) atoms. The Bertz CT molecular complexity index is 785. The Morgan fingerprint density at radius 3 is 2.11 bits per heavy atom. The number of hydrogen-bond acceptors (Lipinski definition) is 4. The third-order valence-electron chi connectivity index (χ3n) is 3.98. The van der Waals surface area contributed by atoms with Crippen molar-refractivity contribution in [2.75, 3.05) is 13.7 Å². The van der Waals surface area contributed by atoms with Gasteiger partial charge in [0.25, 0.3) is 11.8 Å². The van der Waals surface area contributed by atoms with E-state index < -0.39 is 5.91 Å². The Kier molecular flexibility index (Phi) is 7.23. The maximum absolute atomic E-state index is 12.3. The Morgan fingerprint density at radius 2 is 1.52 bits per heavy atom. The fourth-order valence-corrected chi connectivity index (χ4v) is 2.30. The van der Waals surface area contributed by atoms with Gasteiger partial charge < -0.3 is 9.47 Å². The van der Waals surface area contributed by atoms with E-state index in [4.69, 9.17) is 9.47 Å². The topological polar surface area (TPSA) is 76.7 Å². The SMILES string of the molecule is COc1cc(C(=O)NNC(=O)c2ccc(C)cc2)ccc1OCCC(C)C. The Hall–Kier alpha value is -3.02. The second-order valence-electron chi connectivity index (χ2n) is 6.67. The summed E-state index contributed by atoms with van der Waals surface area (Å²) in [5.41, 5.74) is 6.68. The molecule has 2 aromatic carbocycles. The number of carbonyl (C=O) groups is 2. The van der Waals surface area contributed by atoms with Crippen LogP contribution in [0.3, 0.4) is 0 Å². The minimum atomic E-state index is -0.442. The highest BCUT2D eigenvalue weighted by Gasteiger charge is 2.13. The number of hydrazine groups is 1. The summed E-state index contributed by atoms with van der Waals surface area (Å²) in [6, 6.07) is 12.0. The molecule has 2 amide bonds. The minimum Gasteiger partial charge on any atom is -0.493 e. The Balaban J connectivity index is 1.97. The van der Waals surface area contributed by atoms with Crippen LogP contribution in [0.25, 0.3) is 0 Å². The van der Waals surface area contributed by atoms with Gasteiger partial charge in [-0.1, -0.05) is 31.5 Å². The zero-order chi connectivity index (χ0) is 19.8. The highest BCUT2D eigenvalue weighted by molar-refractivity contribution is 5.99. The molecule has 2 rings (SSSR count). The zero-order valence-corrected chi connectivity index (χ0v) is 16.2. The molecule has 0 bridgehead atoms. The van der Waals surface area contributed by atoms with Crippen LogP contribution in [0.2, 0.25) is 0 Å². The third kappa shape index (κ3) is 6.02. The minimum absolute atomic E-state index is 0.354. The van der Waals surface area contributed by atoms with E-state index >= 15 is 0 Å². The van der Waals surface area contributed by atoms with E-state index in [2.05, 4.69) is 24.7 Å². The standard InChI is InChI=1S/C21H26N2O4/c1-14(2)11-12-27-18-10-9-17(13-19(18)26-4)21(25)23-22-20(24)16-7-5-15(3)6-8-16/h5-10,13-14H,11-12H2,1-4H3,(H,22,24)(H,23,25). The van der Waals surface area contributed by atoms with E-state index in [0.29, 0.717) is 35.2 Å². The largest absolute Gasteiger partial charge is 0.493 e. The molecule has 6 heteroatoms. The van der Waals surface area contributed by atoms with Crippen LogP contribution >= 0.6 is 0 Å². The number of hydrogen-bond donors (Lipinski definition) is 2. The van der Waals surface area contributed by atoms with E-state index in [1.807, 2.05) is 19.1 Å². The van der Waals surface area contributed by atoms with Crippen molar-refractivity contribution in [1.29, 1.82) is 0 Å². The maximum Gasteiger partial charge on any atom is 0.269 e. The molecule has 0 spiro atoms. The highest BCUT2D eigenvalue weighted by atomic mass is 16.5. The summed E-state index contributed by atoms with van der Waals surface area (Å²) in [7, 11) is 1.52. The molecular formula is C21H26N2O4. The van der Waals surface area contributed by atoms with Crippen molar-refractivity contribution in [3.63, 3.8) is 0 Å². The quantitative estimate of drug-likeness (QED) is 0.732. The van der Waals surface area contributed by atoms with Gasteiger partial charge in [0, 0.05) is 11.1 Å². The van der Waals surface area contributed by atoms with E-state index in [1.165, 1.54) is 7.11 Å². The fourth-order valence-electron chi connectivity index (χ4n) is 2.30. The summed E-state index contributed by atoms with van der Waals surface area (Å²) in [4.78, 5) is 24.4. The van der Waals surface area contributed by atoms with Gasteiger partial charge in [-0.25, -0.2) is 0 Å². The lowest BCUT2D eigenvalue weighted by Gasteiger charge is -2.13. The molecule has 0 saturated heterocycles. The van der Waals surface area contributed by atoms with Crippen molar-refractivity contribution in [1.82, 2.24) is 10.9 Å². The first-order valence-corrected chi connectivity index (χ1v) is 8.89. The molecule has 0 atom stereocenters. The molecule has 2 N–H and O–H groups in total. The molecule has 0 unspecified atom stereocenters. The summed E-state index contributed by atoms with van der Waals surface area (Å²) >= 11 is 0. The number of ether oxygens (including phenoxy) is 2. The first-order valence-electron chi connectivity index (χ1n) is 8.89. The lowest BCUT2D eigenvalue weighted by Crippen LogP contribution is -2.41. The highest BCUT2D eigenvalue weighted by Crippen LogP contribution is 2.28. The molecule has 0 radical (unpaired) electrons. The maximum atomic E-state index is 12.3. The number of benzene rings is 2. The van der Waals surface area contributed by atoms with Crippen LogP contribution in [0.15, 0.2) is 42.5 Å². The summed E-state index contributed by atoms with van der Waals surface area (Å²) in [5.74, 6) is 0.763. The smallest absolute Gasteiger partial charge is 0.269 e. The second kappa shape index (κ2) is 9.62. The lowest BCUT2D eigenvalue weighted by atomic mass is 10.1. The summed E-state index contributed by atoms with van der Waals surface area (Å²) < 4.78 is 11.0. The normalized spacial score (nSPS) is 10.4. The number of rotatable bonds is 7. The number of carbonyl (C=O) groups excluding carboxylic acids is 2. The number of methoxy groups -OCH3 is 1. The molecule has 144 valence electrons. The van der Waals surface area contributed by atoms with Gasteiger partial charge in [-0.2, -0.15) is 0 Å². The summed E-state index contributed by atoms with van der Waals surface area (Å²) in [6.07, 6.45) is 0.927. The molecule has 0 aliphatic heterocycles. The van der Waals surface area contributed by atoms with Crippen molar-refractivity contribution >= 4 is 11.8 Å². The summed E-state index contributed by atoms with van der Waals surface area (Å²) in [6.45, 7) is 6.76. The van der Waals surface area contributed by atoms with Gasteiger partial charge in [0.1, 0.15) is 0 Å². The summed E-state index contributed by atoms with van der Waals surface area (Å²) in [5, 5.41) is 0. The number of amides is 2. The Morgan fingerprint density at radius 1 is 0.926 bits per heavy atom. The fraction of sp³-hybridized carbons (Fsp3) is 0.333. The molecule has 0 aromatic heterocycles. The number of aryl methyl sites for hydroxylation is 1. The molecule has 0 fully saturated rings. The van der Waals surface area contributed by atoms with Crippen LogP contribution in [0.1, 0.15) is 46.5 Å². The van der Waals surface area contributed by atoms with Gasteiger partial charge in [0.2, 0.25) is 0 Å².